The van der Waals surface area contributed by atoms with Crippen LogP contribution >= 0.6 is 15.9 Å². The van der Waals surface area contributed by atoms with Gasteiger partial charge in [-0.25, -0.2) is 0 Å². The third-order valence-corrected chi connectivity index (χ3v) is 2.94. The minimum Gasteiger partial charge on any atom is -0.497 e. The van der Waals surface area contributed by atoms with E-state index in [0.717, 1.165) is 0 Å². The molecule has 0 bridgehead atoms. The zero-order chi connectivity index (χ0) is 12.1. The maximum atomic E-state index is 9.91. The lowest BCUT2D eigenvalue weighted by molar-refractivity contribution is 0.0326. The topological polar surface area (TPSA) is 58.9 Å². The molecule has 0 aromatic heterocycles. The second-order valence-corrected chi connectivity index (χ2v) is 3.92. The quantitative estimate of drug-likeness (QED) is 0.807. The van der Waals surface area contributed by atoms with Crippen LogP contribution < -0.4 is 9.47 Å². The summed E-state index contributed by atoms with van der Waals surface area (Å²) in [6.45, 7) is 0. The van der Waals surface area contributed by atoms with Crippen molar-refractivity contribution in [2.24, 2.45) is 0 Å². The van der Waals surface area contributed by atoms with Crippen LogP contribution in [0.15, 0.2) is 18.2 Å². The SMILES string of the molecule is COc1ccc(OC)c(C(O)C(O)CBr)c1. The summed E-state index contributed by atoms with van der Waals surface area (Å²) in [5.41, 5.74) is 0.508. The fraction of sp³-hybridized carbons (Fsp3) is 0.455. The highest BCUT2D eigenvalue weighted by molar-refractivity contribution is 9.09. The first kappa shape index (κ1) is 13.3. The number of hydrogen-bond acceptors (Lipinski definition) is 4. The van der Waals surface area contributed by atoms with Crippen LogP contribution in [0.1, 0.15) is 11.7 Å². The van der Waals surface area contributed by atoms with Gasteiger partial charge in [-0.2, -0.15) is 0 Å². The fourth-order valence-electron chi connectivity index (χ4n) is 1.36. The lowest BCUT2D eigenvalue weighted by atomic mass is 10.0. The first-order chi connectivity index (χ1) is 7.63. The average molecular weight is 291 g/mol. The maximum Gasteiger partial charge on any atom is 0.125 e. The largest absolute Gasteiger partial charge is 0.497 e. The normalized spacial score (nSPS) is 14.3. The van der Waals surface area contributed by atoms with Gasteiger partial charge in [-0.05, 0) is 18.2 Å². The highest BCUT2D eigenvalue weighted by atomic mass is 79.9. The molecule has 2 N–H and O–H groups in total. The van der Waals surface area contributed by atoms with E-state index in [1.54, 1.807) is 25.3 Å². The Balaban J connectivity index is 3.07. The van der Waals surface area contributed by atoms with Crippen LogP contribution in [0.25, 0.3) is 0 Å². The van der Waals surface area contributed by atoms with E-state index >= 15 is 0 Å². The first-order valence-corrected chi connectivity index (χ1v) is 5.90. The molecule has 0 saturated carbocycles. The molecule has 0 aliphatic carbocycles. The molecule has 0 saturated heterocycles. The number of ether oxygens (including phenoxy) is 2. The second kappa shape index (κ2) is 6.08. The van der Waals surface area contributed by atoms with Crippen molar-refractivity contribution in [1.82, 2.24) is 0 Å². The molecule has 2 atom stereocenters. The number of rotatable bonds is 5. The molecular formula is C11H15BrO4. The van der Waals surface area contributed by atoms with Gasteiger partial charge in [0.25, 0.3) is 0 Å². The van der Waals surface area contributed by atoms with Gasteiger partial charge in [0.2, 0.25) is 0 Å². The summed E-state index contributed by atoms with van der Waals surface area (Å²) in [4.78, 5) is 0. The molecule has 0 aliphatic heterocycles. The van der Waals surface area contributed by atoms with Crippen molar-refractivity contribution < 1.29 is 19.7 Å². The Morgan fingerprint density at radius 3 is 2.44 bits per heavy atom. The van der Waals surface area contributed by atoms with Gasteiger partial charge >= 0.3 is 0 Å². The summed E-state index contributed by atoms with van der Waals surface area (Å²) in [5.74, 6) is 1.13. The smallest absolute Gasteiger partial charge is 0.125 e. The van der Waals surface area contributed by atoms with Crippen molar-refractivity contribution in [2.45, 2.75) is 12.2 Å². The molecule has 16 heavy (non-hydrogen) atoms. The zero-order valence-electron chi connectivity index (χ0n) is 9.18. The molecule has 1 rings (SSSR count). The number of aliphatic hydroxyl groups excluding tert-OH is 2. The molecule has 0 amide bonds. The zero-order valence-corrected chi connectivity index (χ0v) is 10.8. The van der Waals surface area contributed by atoms with Crippen LogP contribution in [-0.4, -0.2) is 35.9 Å². The molecule has 0 aliphatic rings. The Morgan fingerprint density at radius 2 is 1.94 bits per heavy atom. The standard InChI is InChI=1S/C11H15BrO4/c1-15-7-3-4-10(16-2)8(5-7)11(14)9(13)6-12/h3-5,9,11,13-14H,6H2,1-2H3. The summed E-state index contributed by atoms with van der Waals surface area (Å²) in [6.07, 6.45) is -1.90. The summed E-state index contributed by atoms with van der Waals surface area (Å²) in [7, 11) is 3.05. The van der Waals surface area contributed by atoms with Crippen molar-refractivity contribution in [1.29, 1.82) is 0 Å². The lowest BCUT2D eigenvalue weighted by Crippen LogP contribution is -2.20. The van der Waals surface area contributed by atoms with Crippen molar-refractivity contribution >= 4 is 15.9 Å². The third-order valence-electron chi connectivity index (χ3n) is 2.28. The van der Waals surface area contributed by atoms with Crippen molar-refractivity contribution in [2.75, 3.05) is 19.5 Å². The number of alkyl halides is 1. The van der Waals surface area contributed by atoms with Crippen LogP contribution in [0.4, 0.5) is 0 Å². The molecule has 4 nitrogen and oxygen atoms in total. The molecular weight excluding hydrogens is 276 g/mol. The lowest BCUT2D eigenvalue weighted by Gasteiger charge is -2.19. The van der Waals surface area contributed by atoms with E-state index in [-0.39, 0.29) is 5.33 Å². The molecule has 1 aromatic carbocycles. The Bertz CT molecular complexity index is 343. The Hall–Kier alpha value is -0.780. The molecule has 0 spiro atoms. The molecule has 90 valence electrons. The van der Waals surface area contributed by atoms with E-state index in [1.165, 1.54) is 7.11 Å². The minimum absolute atomic E-state index is 0.286. The van der Waals surface area contributed by atoms with Gasteiger partial charge in [-0.15, -0.1) is 0 Å². The van der Waals surface area contributed by atoms with E-state index in [9.17, 15) is 10.2 Å². The van der Waals surface area contributed by atoms with Crippen molar-refractivity contribution in [3.05, 3.63) is 23.8 Å². The van der Waals surface area contributed by atoms with E-state index < -0.39 is 12.2 Å². The number of benzene rings is 1. The predicted molar refractivity (Wildman–Crippen MR) is 64.3 cm³/mol. The van der Waals surface area contributed by atoms with Gasteiger partial charge in [0.05, 0.1) is 20.3 Å². The molecule has 5 heteroatoms. The monoisotopic (exact) mass is 290 g/mol. The Labute approximate surface area is 103 Å². The summed E-state index contributed by atoms with van der Waals surface area (Å²) in [5, 5.41) is 19.8. The van der Waals surface area contributed by atoms with Gasteiger partial charge in [0.1, 0.15) is 17.6 Å². The number of halogens is 1. The van der Waals surface area contributed by atoms with Gasteiger partial charge in [0.15, 0.2) is 0 Å². The van der Waals surface area contributed by atoms with Gasteiger partial charge < -0.3 is 19.7 Å². The van der Waals surface area contributed by atoms with Crippen LogP contribution in [0.3, 0.4) is 0 Å². The molecule has 1 aromatic rings. The van der Waals surface area contributed by atoms with Crippen LogP contribution in [0, 0.1) is 0 Å². The third kappa shape index (κ3) is 2.87. The summed E-state index contributed by atoms with van der Waals surface area (Å²) in [6, 6.07) is 5.07. The minimum atomic E-state index is -1.01. The summed E-state index contributed by atoms with van der Waals surface area (Å²) >= 11 is 3.11. The first-order valence-electron chi connectivity index (χ1n) is 4.78. The Morgan fingerprint density at radius 1 is 1.25 bits per heavy atom. The Kier molecular flexibility index (Phi) is 5.05. The van der Waals surface area contributed by atoms with Crippen molar-refractivity contribution in [3.8, 4) is 11.5 Å². The van der Waals surface area contributed by atoms with Crippen molar-refractivity contribution in [3.63, 3.8) is 0 Å². The van der Waals surface area contributed by atoms with Crippen LogP contribution in [-0.2, 0) is 0 Å². The average Bonchev–Trinajstić information content (AvgIpc) is 2.35. The molecule has 0 radical (unpaired) electrons. The molecule has 2 unspecified atom stereocenters. The number of aliphatic hydroxyl groups is 2. The van der Waals surface area contributed by atoms with Crippen LogP contribution in [0.2, 0.25) is 0 Å². The summed E-state index contributed by atoms with van der Waals surface area (Å²) < 4.78 is 10.2. The van der Waals surface area contributed by atoms with Crippen LogP contribution in [0.5, 0.6) is 11.5 Å². The maximum absolute atomic E-state index is 9.91. The van der Waals surface area contributed by atoms with E-state index in [1.807, 2.05) is 0 Å². The predicted octanol–water partition coefficient (Wildman–Crippen LogP) is 1.49. The van der Waals surface area contributed by atoms with Gasteiger partial charge in [0, 0.05) is 10.9 Å². The van der Waals surface area contributed by atoms with E-state index in [4.69, 9.17) is 9.47 Å². The van der Waals surface area contributed by atoms with Gasteiger partial charge in [-0.3, -0.25) is 0 Å². The highest BCUT2D eigenvalue weighted by Crippen LogP contribution is 2.31. The number of hydrogen-bond donors (Lipinski definition) is 2. The van der Waals surface area contributed by atoms with E-state index in [0.29, 0.717) is 17.1 Å². The molecule has 0 heterocycles. The second-order valence-electron chi connectivity index (χ2n) is 3.27. The van der Waals surface area contributed by atoms with E-state index in [2.05, 4.69) is 15.9 Å². The highest BCUT2D eigenvalue weighted by Gasteiger charge is 2.21. The number of methoxy groups -OCH3 is 2. The van der Waals surface area contributed by atoms with Gasteiger partial charge in [-0.1, -0.05) is 15.9 Å². The molecule has 0 fully saturated rings. The fourth-order valence-corrected chi connectivity index (χ4v) is 1.72.